The van der Waals surface area contributed by atoms with Crippen molar-refractivity contribution >= 4 is 12.3 Å². The molecule has 0 aromatic carbocycles. The number of ether oxygens (including phenoxy) is 1. The Hall–Kier alpha value is -1.16. The van der Waals surface area contributed by atoms with E-state index in [0.717, 1.165) is 13.0 Å². The second-order valence-corrected chi connectivity index (χ2v) is 3.54. The largest absolute Gasteiger partial charge is 0.466 e. The van der Waals surface area contributed by atoms with Gasteiger partial charge >= 0.3 is 5.97 Å². The molecule has 4 nitrogen and oxygen atoms in total. The molecule has 4 heteroatoms. The van der Waals surface area contributed by atoms with Gasteiger partial charge in [-0.3, -0.25) is 9.28 Å². The maximum Gasteiger partial charge on any atom is 0.305 e. The van der Waals surface area contributed by atoms with Gasteiger partial charge in [-0.2, -0.15) is 0 Å². The van der Waals surface area contributed by atoms with E-state index < -0.39 is 0 Å². The highest BCUT2D eigenvalue weighted by molar-refractivity contribution is 5.69. The zero-order valence-corrected chi connectivity index (χ0v) is 8.77. The molecule has 0 saturated carbocycles. The van der Waals surface area contributed by atoms with Crippen LogP contribution in [0.2, 0.25) is 0 Å². The molecule has 0 aromatic heterocycles. The van der Waals surface area contributed by atoms with Gasteiger partial charge in [-0.05, 0) is 6.92 Å². The monoisotopic (exact) mass is 197 g/mol. The van der Waals surface area contributed by atoms with E-state index in [-0.39, 0.29) is 5.97 Å². The fraction of sp³-hybridized carbons (Fsp3) is 0.600. The van der Waals surface area contributed by atoms with Gasteiger partial charge in [0, 0.05) is 6.42 Å². The average Bonchev–Trinajstić information content (AvgIpc) is 2.53. The molecule has 0 spiro atoms. The van der Waals surface area contributed by atoms with Crippen LogP contribution in [0.4, 0.5) is 0 Å². The summed E-state index contributed by atoms with van der Waals surface area (Å²) in [6.07, 6.45) is 6.97. The molecule has 0 bridgehead atoms. The zero-order valence-electron chi connectivity index (χ0n) is 8.77. The first-order valence-corrected chi connectivity index (χ1v) is 4.89. The van der Waals surface area contributed by atoms with Crippen molar-refractivity contribution in [2.75, 3.05) is 20.2 Å². The quantitative estimate of drug-likeness (QED) is 0.492. The standard InChI is InChI=1S/C10H17N2O2/c1-3-14-10(13)5-4-7-12(2)8-6-11-9-12/h6,8-9H,3-5,7H2,1-2H3/q+1. The van der Waals surface area contributed by atoms with Crippen LogP contribution in [-0.4, -0.2) is 37.0 Å². The Bertz CT molecular complexity index is 247. The van der Waals surface area contributed by atoms with Crippen LogP contribution in [0.15, 0.2) is 17.4 Å². The molecule has 0 fully saturated rings. The highest BCUT2D eigenvalue weighted by Gasteiger charge is 2.19. The Morgan fingerprint density at radius 3 is 2.93 bits per heavy atom. The number of hydrogen-bond acceptors (Lipinski definition) is 3. The Morgan fingerprint density at radius 2 is 2.36 bits per heavy atom. The van der Waals surface area contributed by atoms with Crippen molar-refractivity contribution in [3.05, 3.63) is 12.4 Å². The van der Waals surface area contributed by atoms with Crippen molar-refractivity contribution < 1.29 is 14.0 Å². The topological polar surface area (TPSA) is 38.7 Å². The molecule has 1 rings (SSSR count). The van der Waals surface area contributed by atoms with Gasteiger partial charge in [0.05, 0.1) is 32.8 Å². The van der Waals surface area contributed by atoms with Gasteiger partial charge in [0.2, 0.25) is 0 Å². The molecule has 0 aromatic rings. The fourth-order valence-electron chi connectivity index (χ4n) is 1.35. The Morgan fingerprint density at radius 1 is 1.57 bits per heavy atom. The van der Waals surface area contributed by atoms with Gasteiger partial charge in [-0.1, -0.05) is 0 Å². The minimum atomic E-state index is -0.112. The van der Waals surface area contributed by atoms with Gasteiger partial charge in [-0.15, -0.1) is 0 Å². The number of esters is 1. The van der Waals surface area contributed by atoms with Crippen LogP contribution in [-0.2, 0) is 9.53 Å². The normalized spacial score (nSPS) is 24.1. The maximum atomic E-state index is 11.0. The van der Waals surface area contributed by atoms with E-state index in [4.69, 9.17) is 4.74 Å². The minimum absolute atomic E-state index is 0.112. The molecule has 78 valence electrons. The highest BCUT2D eigenvalue weighted by atomic mass is 16.5. The Labute approximate surface area is 84.5 Å². The molecule has 1 atom stereocenters. The van der Waals surface area contributed by atoms with Crippen LogP contribution in [0.3, 0.4) is 0 Å². The number of carbonyl (C=O) groups is 1. The van der Waals surface area contributed by atoms with Crippen LogP contribution in [0.25, 0.3) is 0 Å². The second kappa shape index (κ2) is 4.91. The summed E-state index contributed by atoms with van der Waals surface area (Å²) in [5.74, 6) is -0.112. The van der Waals surface area contributed by atoms with E-state index in [1.54, 1.807) is 6.20 Å². The lowest BCUT2D eigenvalue weighted by molar-refractivity contribution is -0.756. The number of nitrogens with zero attached hydrogens (tertiary/aromatic N) is 2. The molecule has 0 radical (unpaired) electrons. The lowest BCUT2D eigenvalue weighted by Crippen LogP contribution is -2.36. The molecular weight excluding hydrogens is 180 g/mol. The van der Waals surface area contributed by atoms with Crippen LogP contribution >= 0.6 is 0 Å². The number of quaternary nitrogens is 1. The van der Waals surface area contributed by atoms with E-state index in [9.17, 15) is 4.79 Å². The van der Waals surface area contributed by atoms with Gasteiger partial charge < -0.3 is 4.74 Å². The van der Waals surface area contributed by atoms with Crippen LogP contribution in [0, 0.1) is 0 Å². The summed E-state index contributed by atoms with van der Waals surface area (Å²) in [7, 11) is 2.05. The fourth-order valence-corrected chi connectivity index (χ4v) is 1.35. The van der Waals surface area contributed by atoms with Crippen LogP contribution in [0.1, 0.15) is 19.8 Å². The zero-order chi connectivity index (χ0) is 10.4. The summed E-state index contributed by atoms with van der Waals surface area (Å²) in [6, 6.07) is 0. The number of rotatable bonds is 5. The predicted octanol–water partition coefficient (Wildman–Crippen LogP) is 1.29. The number of carbonyl (C=O) groups excluding carboxylic acids is 1. The van der Waals surface area contributed by atoms with Crippen molar-refractivity contribution in [1.29, 1.82) is 0 Å². The van der Waals surface area contributed by atoms with Gasteiger partial charge in [-0.25, -0.2) is 4.99 Å². The number of aliphatic imine (C=N–C) groups is 1. The molecule has 1 aliphatic heterocycles. The van der Waals surface area contributed by atoms with Crippen LogP contribution < -0.4 is 0 Å². The maximum absolute atomic E-state index is 11.0. The van der Waals surface area contributed by atoms with Crippen molar-refractivity contribution in [3.63, 3.8) is 0 Å². The Balaban J connectivity index is 2.18. The molecule has 0 aliphatic carbocycles. The highest BCUT2D eigenvalue weighted by Crippen LogP contribution is 2.09. The summed E-state index contributed by atoms with van der Waals surface area (Å²) < 4.78 is 5.52. The first kappa shape index (κ1) is 10.9. The molecule has 0 amide bonds. The van der Waals surface area contributed by atoms with E-state index in [2.05, 4.69) is 12.0 Å². The number of hydrogen-bond donors (Lipinski definition) is 0. The molecule has 1 aliphatic rings. The van der Waals surface area contributed by atoms with Gasteiger partial charge in [0.25, 0.3) is 0 Å². The average molecular weight is 197 g/mol. The lowest BCUT2D eigenvalue weighted by Gasteiger charge is -2.20. The third-order valence-electron chi connectivity index (χ3n) is 2.15. The summed E-state index contributed by atoms with van der Waals surface area (Å²) in [6.45, 7) is 3.17. The summed E-state index contributed by atoms with van der Waals surface area (Å²) >= 11 is 0. The second-order valence-electron chi connectivity index (χ2n) is 3.54. The molecule has 1 unspecified atom stereocenters. The predicted molar refractivity (Wildman–Crippen MR) is 54.6 cm³/mol. The first-order chi connectivity index (χ1) is 6.66. The Kier molecular flexibility index (Phi) is 3.83. The molecule has 1 heterocycles. The summed E-state index contributed by atoms with van der Waals surface area (Å²) in [5.41, 5.74) is 0. The third-order valence-corrected chi connectivity index (χ3v) is 2.15. The summed E-state index contributed by atoms with van der Waals surface area (Å²) in [5, 5.41) is 0. The molecule has 0 N–H and O–H groups in total. The van der Waals surface area contributed by atoms with Crippen LogP contribution in [0.5, 0.6) is 0 Å². The van der Waals surface area contributed by atoms with E-state index in [1.807, 2.05) is 19.5 Å². The smallest absolute Gasteiger partial charge is 0.305 e. The van der Waals surface area contributed by atoms with E-state index >= 15 is 0 Å². The van der Waals surface area contributed by atoms with Crippen molar-refractivity contribution in [1.82, 2.24) is 0 Å². The van der Waals surface area contributed by atoms with Gasteiger partial charge in [0.1, 0.15) is 6.20 Å². The van der Waals surface area contributed by atoms with E-state index in [0.29, 0.717) is 17.5 Å². The third kappa shape index (κ3) is 3.30. The van der Waals surface area contributed by atoms with Crippen molar-refractivity contribution in [3.8, 4) is 0 Å². The summed E-state index contributed by atoms with van der Waals surface area (Å²) in [4.78, 5) is 15.1. The lowest BCUT2D eigenvalue weighted by atomic mass is 10.3. The first-order valence-electron chi connectivity index (χ1n) is 4.89. The van der Waals surface area contributed by atoms with Gasteiger partial charge in [0.15, 0.2) is 6.34 Å². The minimum Gasteiger partial charge on any atom is -0.466 e. The van der Waals surface area contributed by atoms with Crippen molar-refractivity contribution in [2.45, 2.75) is 19.8 Å². The SMILES string of the molecule is CCOC(=O)CCC[N+]1(C)C=CN=C1. The van der Waals surface area contributed by atoms with E-state index in [1.165, 1.54) is 0 Å². The molecular formula is C10H17N2O2+. The molecule has 0 saturated heterocycles. The van der Waals surface area contributed by atoms with Crippen molar-refractivity contribution in [2.24, 2.45) is 4.99 Å². The molecule has 14 heavy (non-hydrogen) atoms.